The van der Waals surface area contributed by atoms with E-state index in [2.05, 4.69) is 17.0 Å². The summed E-state index contributed by atoms with van der Waals surface area (Å²) in [7, 11) is 0.926. The van der Waals surface area contributed by atoms with E-state index in [9.17, 15) is 22.4 Å². The van der Waals surface area contributed by atoms with Crippen molar-refractivity contribution in [2.75, 3.05) is 0 Å². The number of carbonyl (C=O) groups is 1. The summed E-state index contributed by atoms with van der Waals surface area (Å²) in [5.41, 5.74) is -2.30. The third-order valence-electron chi connectivity index (χ3n) is 2.04. The molecule has 1 atom stereocenters. The number of benzene rings is 1. The lowest BCUT2D eigenvalue weighted by molar-refractivity contribution is -0.138. The van der Waals surface area contributed by atoms with Gasteiger partial charge < -0.3 is 5.32 Å². The normalized spacial score (nSPS) is 13.2. The van der Waals surface area contributed by atoms with E-state index >= 15 is 0 Å². The lowest BCUT2D eigenvalue weighted by Crippen LogP contribution is -2.32. The van der Waals surface area contributed by atoms with Gasteiger partial charge in [-0.3, -0.25) is 4.79 Å². The number of nitrogens with one attached hydrogen (secondary N) is 1. The quantitative estimate of drug-likeness (QED) is 0.387. The summed E-state index contributed by atoms with van der Waals surface area (Å²) in [5.74, 6) is -2.33. The van der Waals surface area contributed by atoms with Crippen molar-refractivity contribution in [3.8, 4) is 0 Å². The number of thiol groups is 1. The second-order valence-electron chi connectivity index (χ2n) is 3.38. The fourth-order valence-electron chi connectivity index (χ4n) is 1.27. The minimum atomic E-state index is -4.79. The average molecular weight is 299 g/mol. The van der Waals surface area contributed by atoms with Gasteiger partial charge in [-0.15, -0.1) is 11.7 Å². The number of hydrogen-bond donors (Lipinski definition) is 2. The zero-order chi connectivity index (χ0) is 13.9. The summed E-state index contributed by atoms with van der Waals surface area (Å²) >= 11 is 3.80. The fraction of sp³-hybridized carbons (Fsp3) is 0.300. The van der Waals surface area contributed by atoms with Crippen molar-refractivity contribution in [2.24, 2.45) is 0 Å². The van der Waals surface area contributed by atoms with Gasteiger partial charge in [-0.2, -0.15) is 13.2 Å². The van der Waals surface area contributed by atoms with Crippen molar-refractivity contribution in [2.45, 2.75) is 18.5 Å². The fourth-order valence-corrected chi connectivity index (χ4v) is 1.59. The van der Waals surface area contributed by atoms with Gasteiger partial charge in [-0.25, -0.2) is 4.39 Å². The van der Waals surface area contributed by atoms with E-state index in [0.717, 1.165) is 22.9 Å². The molecule has 0 saturated heterocycles. The summed E-state index contributed by atoms with van der Waals surface area (Å²) < 4.78 is 51.3. The SMILES string of the molecule is CC(NC(=O)c1c(F)cccc1C(F)(F)F)SS. The number of hydrogen-bond acceptors (Lipinski definition) is 3. The highest BCUT2D eigenvalue weighted by Crippen LogP contribution is 2.33. The Morgan fingerprint density at radius 1 is 1.44 bits per heavy atom. The molecule has 0 radical (unpaired) electrons. The van der Waals surface area contributed by atoms with Crippen LogP contribution in [0.5, 0.6) is 0 Å². The Labute approximate surface area is 110 Å². The molecule has 0 bridgehead atoms. The first kappa shape index (κ1) is 15.2. The number of carbonyl (C=O) groups excluding carboxylic acids is 1. The van der Waals surface area contributed by atoms with E-state index in [1.807, 2.05) is 0 Å². The zero-order valence-electron chi connectivity index (χ0n) is 9.08. The zero-order valence-corrected chi connectivity index (χ0v) is 10.8. The first-order valence-corrected chi connectivity index (χ1v) is 6.67. The molecule has 100 valence electrons. The van der Waals surface area contributed by atoms with Gasteiger partial charge in [0.1, 0.15) is 5.82 Å². The van der Waals surface area contributed by atoms with Gasteiger partial charge in [-0.1, -0.05) is 16.9 Å². The van der Waals surface area contributed by atoms with Crippen molar-refractivity contribution in [3.63, 3.8) is 0 Å². The lowest BCUT2D eigenvalue weighted by atomic mass is 10.1. The molecule has 2 nitrogen and oxygen atoms in total. The van der Waals surface area contributed by atoms with Crippen molar-refractivity contribution >= 4 is 28.4 Å². The van der Waals surface area contributed by atoms with Crippen LogP contribution in [0.1, 0.15) is 22.8 Å². The molecular formula is C10H9F4NOS2. The second-order valence-corrected chi connectivity index (χ2v) is 4.93. The van der Waals surface area contributed by atoms with Crippen LogP contribution in [0.4, 0.5) is 17.6 Å². The van der Waals surface area contributed by atoms with Gasteiger partial charge in [0.2, 0.25) is 0 Å². The highest BCUT2D eigenvalue weighted by atomic mass is 33.1. The molecule has 1 unspecified atom stereocenters. The second kappa shape index (κ2) is 5.83. The molecule has 0 aliphatic carbocycles. The van der Waals surface area contributed by atoms with Gasteiger partial charge in [0.25, 0.3) is 5.91 Å². The van der Waals surface area contributed by atoms with Crippen LogP contribution in [0.3, 0.4) is 0 Å². The molecule has 1 rings (SSSR count). The Balaban J connectivity index is 3.18. The average Bonchev–Trinajstić information content (AvgIpc) is 2.27. The molecule has 8 heteroatoms. The van der Waals surface area contributed by atoms with Crippen LogP contribution >= 0.6 is 22.5 Å². The third-order valence-corrected chi connectivity index (χ3v) is 3.42. The third kappa shape index (κ3) is 3.55. The monoisotopic (exact) mass is 299 g/mol. The molecule has 1 aromatic rings. The number of amides is 1. The predicted molar refractivity (Wildman–Crippen MR) is 64.9 cm³/mol. The van der Waals surface area contributed by atoms with Crippen LogP contribution in [0, 0.1) is 5.82 Å². The van der Waals surface area contributed by atoms with Crippen molar-refractivity contribution in [1.29, 1.82) is 0 Å². The van der Waals surface area contributed by atoms with E-state index in [-0.39, 0.29) is 0 Å². The molecule has 1 aromatic carbocycles. The molecule has 0 saturated carbocycles. The van der Waals surface area contributed by atoms with Gasteiger partial charge in [0.15, 0.2) is 0 Å². The van der Waals surface area contributed by atoms with Crippen LogP contribution in [0.15, 0.2) is 18.2 Å². The molecule has 0 aromatic heterocycles. The Kier molecular flexibility index (Phi) is 4.92. The van der Waals surface area contributed by atoms with Crippen molar-refractivity contribution < 1.29 is 22.4 Å². The predicted octanol–water partition coefficient (Wildman–Crippen LogP) is 3.50. The Morgan fingerprint density at radius 2 is 2.06 bits per heavy atom. The Bertz CT molecular complexity index is 450. The highest BCUT2D eigenvalue weighted by molar-refractivity contribution is 8.68. The van der Waals surface area contributed by atoms with E-state index in [4.69, 9.17) is 0 Å². The highest BCUT2D eigenvalue weighted by Gasteiger charge is 2.36. The van der Waals surface area contributed by atoms with Crippen LogP contribution in [-0.2, 0) is 6.18 Å². The summed E-state index contributed by atoms with van der Waals surface area (Å²) in [6, 6.07) is 2.38. The molecule has 0 fully saturated rings. The summed E-state index contributed by atoms with van der Waals surface area (Å²) in [4.78, 5) is 11.6. The van der Waals surface area contributed by atoms with E-state index in [1.54, 1.807) is 0 Å². The van der Waals surface area contributed by atoms with E-state index < -0.39 is 34.4 Å². The number of alkyl halides is 3. The van der Waals surface area contributed by atoms with Crippen LogP contribution in [0.25, 0.3) is 0 Å². The summed E-state index contributed by atoms with van der Waals surface area (Å²) in [6.07, 6.45) is -4.79. The minimum absolute atomic E-state index is 0.540. The van der Waals surface area contributed by atoms with E-state index in [1.165, 1.54) is 6.92 Å². The topological polar surface area (TPSA) is 29.1 Å². The largest absolute Gasteiger partial charge is 0.417 e. The molecule has 1 N–H and O–H groups in total. The molecule has 0 aliphatic rings. The smallest absolute Gasteiger partial charge is 0.340 e. The van der Waals surface area contributed by atoms with Gasteiger partial charge in [0.05, 0.1) is 16.5 Å². The minimum Gasteiger partial charge on any atom is -0.340 e. The van der Waals surface area contributed by atoms with Crippen molar-refractivity contribution in [1.82, 2.24) is 5.32 Å². The van der Waals surface area contributed by atoms with Crippen LogP contribution in [0.2, 0.25) is 0 Å². The first-order valence-electron chi connectivity index (χ1n) is 4.74. The van der Waals surface area contributed by atoms with Gasteiger partial charge in [-0.05, 0) is 19.1 Å². The molecular weight excluding hydrogens is 290 g/mol. The molecule has 18 heavy (non-hydrogen) atoms. The van der Waals surface area contributed by atoms with Crippen LogP contribution < -0.4 is 5.32 Å². The summed E-state index contributed by atoms with van der Waals surface area (Å²) in [6.45, 7) is 1.52. The maximum absolute atomic E-state index is 13.4. The molecule has 0 spiro atoms. The number of rotatable bonds is 3. The molecule has 1 amide bonds. The van der Waals surface area contributed by atoms with Crippen molar-refractivity contribution in [3.05, 3.63) is 35.1 Å². The molecule has 0 aliphatic heterocycles. The standard InChI is InChI=1S/C10H9F4NOS2/c1-5(18-17)15-9(16)8-6(10(12,13)14)3-2-4-7(8)11/h2-5,17H,1H3,(H,15,16). The summed E-state index contributed by atoms with van der Waals surface area (Å²) in [5, 5.41) is 1.67. The molecule has 0 heterocycles. The maximum atomic E-state index is 13.4. The van der Waals surface area contributed by atoms with E-state index in [0.29, 0.717) is 6.07 Å². The number of halogens is 4. The lowest BCUT2D eigenvalue weighted by Gasteiger charge is -2.15. The maximum Gasteiger partial charge on any atom is 0.417 e. The first-order chi connectivity index (χ1) is 8.27. The Morgan fingerprint density at radius 3 is 2.56 bits per heavy atom. The Hall–Kier alpha value is -0.890. The van der Waals surface area contributed by atoms with Gasteiger partial charge >= 0.3 is 6.18 Å². The van der Waals surface area contributed by atoms with Crippen LogP contribution in [-0.4, -0.2) is 11.3 Å². The van der Waals surface area contributed by atoms with Gasteiger partial charge in [0, 0.05) is 0 Å².